The van der Waals surface area contributed by atoms with E-state index in [0.717, 1.165) is 25.7 Å². The molecule has 0 aromatic rings. The fraction of sp³-hybridized carbons (Fsp3) is 0.942. The lowest BCUT2D eigenvalue weighted by molar-refractivity contribution is -0.124. The maximum atomic E-state index is 12.5. The van der Waals surface area contributed by atoms with Crippen molar-refractivity contribution in [1.82, 2.24) is 5.32 Å². The lowest BCUT2D eigenvalue weighted by atomic mass is 10.0. The maximum absolute atomic E-state index is 12.5. The third-order valence-electron chi connectivity index (χ3n) is 12.3. The fourth-order valence-corrected chi connectivity index (χ4v) is 8.34. The first-order chi connectivity index (χ1) is 28.0. The summed E-state index contributed by atoms with van der Waals surface area (Å²) in [4.78, 5) is 12.5. The highest BCUT2D eigenvalue weighted by Gasteiger charge is 2.20. The zero-order valence-corrected chi connectivity index (χ0v) is 38.7. The second-order valence-corrected chi connectivity index (χ2v) is 18.1. The van der Waals surface area contributed by atoms with Crippen molar-refractivity contribution in [3.8, 4) is 0 Å². The summed E-state index contributed by atoms with van der Waals surface area (Å²) in [6, 6.07) is -0.740. The van der Waals surface area contributed by atoms with E-state index in [9.17, 15) is 20.1 Å². The number of aliphatic hydroxyl groups is 3. The van der Waals surface area contributed by atoms with Crippen LogP contribution in [0.15, 0.2) is 12.2 Å². The van der Waals surface area contributed by atoms with Crippen molar-refractivity contribution in [2.75, 3.05) is 6.61 Å². The Hall–Kier alpha value is -0.910. The van der Waals surface area contributed by atoms with Crippen LogP contribution in [0.25, 0.3) is 0 Å². The van der Waals surface area contributed by atoms with Gasteiger partial charge in [0.25, 0.3) is 0 Å². The van der Waals surface area contributed by atoms with Gasteiger partial charge in [0, 0.05) is 0 Å². The van der Waals surface area contributed by atoms with Gasteiger partial charge in [-0.15, -0.1) is 0 Å². The summed E-state index contributed by atoms with van der Waals surface area (Å²) in [5.41, 5.74) is 0. The van der Waals surface area contributed by atoms with E-state index in [4.69, 9.17) is 0 Å². The van der Waals surface area contributed by atoms with E-state index in [1.807, 2.05) is 6.08 Å². The van der Waals surface area contributed by atoms with Gasteiger partial charge in [-0.1, -0.05) is 276 Å². The first-order valence-electron chi connectivity index (χ1n) is 26.0. The van der Waals surface area contributed by atoms with Crippen LogP contribution in [0, 0.1) is 0 Å². The van der Waals surface area contributed by atoms with E-state index in [1.165, 1.54) is 238 Å². The summed E-state index contributed by atoms with van der Waals surface area (Å²) >= 11 is 0. The Morgan fingerprint density at radius 2 is 0.719 bits per heavy atom. The number of carbonyl (C=O) groups is 1. The second-order valence-electron chi connectivity index (χ2n) is 18.1. The minimum Gasteiger partial charge on any atom is -0.394 e. The summed E-state index contributed by atoms with van der Waals surface area (Å²) in [5.74, 6) is -0.309. The molecule has 0 saturated carbocycles. The van der Waals surface area contributed by atoms with Crippen molar-refractivity contribution in [2.24, 2.45) is 0 Å². The van der Waals surface area contributed by atoms with Crippen molar-refractivity contribution in [2.45, 2.75) is 308 Å². The summed E-state index contributed by atoms with van der Waals surface area (Å²) in [7, 11) is 0. The molecule has 1 amide bonds. The van der Waals surface area contributed by atoms with E-state index >= 15 is 0 Å². The van der Waals surface area contributed by atoms with Crippen LogP contribution in [0.2, 0.25) is 0 Å². The molecule has 340 valence electrons. The number of hydrogen-bond acceptors (Lipinski definition) is 4. The number of hydrogen-bond donors (Lipinski definition) is 4. The van der Waals surface area contributed by atoms with Gasteiger partial charge in [-0.2, -0.15) is 0 Å². The van der Waals surface area contributed by atoms with E-state index in [0.29, 0.717) is 6.42 Å². The molecule has 3 unspecified atom stereocenters. The van der Waals surface area contributed by atoms with Crippen LogP contribution in [0.1, 0.15) is 290 Å². The van der Waals surface area contributed by atoms with Crippen molar-refractivity contribution in [3.05, 3.63) is 12.2 Å². The van der Waals surface area contributed by atoms with Gasteiger partial charge in [-0.25, -0.2) is 0 Å². The zero-order valence-electron chi connectivity index (χ0n) is 38.7. The SMILES string of the molecule is CCCCCCCCCCCCCCCCCC/C=C/C(O)C(CO)NC(=O)CC(O)CCCCCCCCCCCCCCCCCCCCCCCCCC. The average Bonchev–Trinajstić information content (AvgIpc) is 3.20. The fourth-order valence-electron chi connectivity index (χ4n) is 8.34. The van der Waals surface area contributed by atoms with Crippen molar-refractivity contribution >= 4 is 5.91 Å². The molecule has 0 fully saturated rings. The zero-order chi connectivity index (χ0) is 41.5. The normalized spacial score (nSPS) is 13.4. The summed E-state index contributed by atoms with van der Waals surface area (Å²) < 4.78 is 0. The quantitative estimate of drug-likeness (QED) is 0.0364. The summed E-state index contributed by atoms with van der Waals surface area (Å²) in [6.07, 6.45) is 58.1. The van der Waals surface area contributed by atoms with Crippen molar-refractivity contribution in [1.29, 1.82) is 0 Å². The molecule has 0 rings (SSSR count). The molecule has 0 saturated heterocycles. The highest BCUT2D eigenvalue weighted by Crippen LogP contribution is 2.17. The molecule has 5 heteroatoms. The Labute approximate surface area is 357 Å². The summed E-state index contributed by atoms with van der Waals surface area (Å²) in [5, 5.41) is 33.4. The lowest BCUT2D eigenvalue weighted by Gasteiger charge is -2.21. The van der Waals surface area contributed by atoms with E-state index in [2.05, 4.69) is 19.2 Å². The monoisotopic (exact) mass is 806 g/mol. The van der Waals surface area contributed by atoms with E-state index in [-0.39, 0.29) is 18.9 Å². The first-order valence-corrected chi connectivity index (χ1v) is 26.0. The Kier molecular flexibility index (Phi) is 47.0. The average molecular weight is 806 g/mol. The number of allylic oxidation sites excluding steroid dienone is 1. The highest BCUT2D eigenvalue weighted by atomic mass is 16.3. The molecule has 0 heterocycles. The molecular weight excluding hydrogens is 703 g/mol. The van der Waals surface area contributed by atoms with Gasteiger partial charge in [-0.3, -0.25) is 4.79 Å². The van der Waals surface area contributed by atoms with Crippen molar-refractivity contribution < 1.29 is 20.1 Å². The van der Waals surface area contributed by atoms with Crippen LogP contribution in [-0.4, -0.2) is 46.1 Å². The van der Waals surface area contributed by atoms with Crippen LogP contribution in [-0.2, 0) is 4.79 Å². The minimum atomic E-state index is -0.925. The number of carbonyl (C=O) groups excluding carboxylic acids is 1. The molecule has 57 heavy (non-hydrogen) atoms. The van der Waals surface area contributed by atoms with Gasteiger partial charge in [0.2, 0.25) is 5.91 Å². The first kappa shape index (κ1) is 56.1. The second kappa shape index (κ2) is 47.8. The van der Waals surface area contributed by atoms with E-state index < -0.39 is 18.2 Å². The Balaban J connectivity index is 3.55. The van der Waals surface area contributed by atoms with Gasteiger partial charge >= 0.3 is 0 Å². The third kappa shape index (κ3) is 44.5. The predicted molar refractivity (Wildman–Crippen MR) is 250 cm³/mol. The molecule has 0 aromatic heterocycles. The van der Waals surface area contributed by atoms with Gasteiger partial charge in [0.1, 0.15) is 0 Å². The number of unbranched alkanes of at least 4 members (excludes halogenated alkanes) is 39. The maximum Gasteiger partial charge on any atom is 0.222 e. The van der Waals surface area contributed by atoms with Crippen LogP contribution in [0.5, 0.6) is 0 Å². The standard InChI is InChI=1S/C52H103NO4/c1-3-5-7-9-11-13-15-17-19-21-23-24-25-26-27-28-29-31-33-35-37-39-41-43-45-49(55)47-52(57)53-50(48-54)51(56)46-44-42-40-38-36-34-32-30-22-20-18-16-14-12-10-8-6-4-2/h44,46,49-51,54-56H,3-43,45,47-48H2,1-2H3,(H,53,57)/b46-44+. The molecule has 0 spiro atoms. The topological polar surface area (TPSA) is 89.8 Å². The molecule has 4 N–H and O–H groups in total. The van der Waals surface area contributed by atoms with Gasteiger partial charge in [-0.05, 0) is 19.3 Å². The molecule has 0 radical (unpaired) electrons. The molecule has 3 atom stereocenters. The molecule has 0 aliphatic heterocycles. The smallest absolute Gasteiger partial charge is 0.222 e. The van der Waals surface area contributed by atoms with Gasteiger partial charge in [0.15, 0.2) is 0 Å². The number of aliphatic hydroxyl groups excluding tert-OH is 3. The Morgan fingerprint density at radius 3 is 1.02 bits per heavy atom. The Bertz CT molecular complexity index is 803. The predicted octanol–water partition coefficient (Wildman–Crippen LogP) is 15.6. The van der Waals surface area contributed by atoms with Crippen LogP contribution in [0.3, 0.4) is 0 Å². The molecule has 5 nitrogen and oxygen atoms in total. The number of nitrogens with one attached hydrogen (secondary N) is 1. The lowest BCUT2D eigenvalue weighted by Crippen LogP contribution is -2.45. The Morgan fingerprint density at radius 1 is 0.439 bits per heavy atom. The van der Waals surface area contributed by atoms with Crippen LogP contribution < -0.4 is 5.32 Å². The number of rotatable bonds is 48. The minimum absolute atomic E-state index is 0.0193. The molecule has 0 aliphatic carbocycles. The highest BCUT2D eigenvalue weighted by molar-refractivity contribution is 5.76. The van der Waals surface area contributed by atoms with E-state index in [1.54, 1.807) is 6.08 Å². The molecule has 0 bridgehead atoms. The summed E-state index contributed by atoms with van der Waals surface area (Å²) in [6.45, 7) is 4.25. The number of amides is 1. The molecule has 0 aliphatic rings. The van der Waals surface area contributed by atoms with Gasteiger partial charge < -0.3 is 20.6 Å². The van der Waals surface area contributed by atoms with Gasteiger partial charge in [0.05, 0.1) is 31.3 Å². The van der Waals surface area contributed by atoms with Crippen LogP contribution in [0.4, 0.5) is 0 Å². The van der Waals surface area contributed by atoms with Crippen molar-refractivity contribution in [3.63, 3.8) is 0 Å². The third-order valence-corrected chi connectivity index (χ3v) is 12.3. The molecular formula is C52H103NO4. The van der Waals surface area contributed by atoms with Crippen LogP contribution >= 0.6 is 0 Å². The largest absolute Gasteiger partial charge is 0.394 e. The molecule has 0 aromatic carbocycles.